The zero-order valence-electron chi connectivity index (χ0n) is 10.5. The minimum Gasteiger partial charge on any atom is -0.495 e. The molecule has 1 aromatic carbocycles. The molecule has 0 amide bonds. The molecule has 19 heavy (non-hydrogen) atoms. The quantitative estimate of drug-likeness (QED) is 0.476. The van der Waals surface area contributed by atoms with Crippen molar-refractivity contribution in [3.05, 3.63) is 17.9 Å². The maximum atomic E-state index is 13.5. The number of rotatable bonds is 6. The molecule has 108 valence electrons. The molecule has 0 saturated heterocycles. The summed E-state index contributed by atoms with van der Waals surface area (Å²) < 4.78 is 54.1. The Kier molecular flexibility index (Phi) is 5.26. The number of alkyl halides is 3. The molecule has 3 N–H and O–H groups in total. The van der Waals surface area contributed by atoms with E-state index in [2.05, 4.69) is 5.32 Å². The zero-order valence-corrected chi connectivity index (χ0v) is 10.5. The number of halogens is 4. The van der Waals surface area contributed by atoms with Crippen molar-refractivity contribution >= 4 is 11.4 Å². The lowest BCUT2D eigenvalue weighted by Gasteiger charge is -2.11. The Labute approximate surface area is 108 Å². The van der Waals surface area contributed by atoms with Gasteiger partial charge in [0.1, 0.15) is 11.6 Å². The predicted octanol–water partition coefficient (Wildman–Crippen LogP) is 3.56. The van der Waals surface area contributed by atoms with E-state index in [1.807, 2.05) is 0 Å². The first-order valence-electron chi connectivity index (χ1n) is 5.77. The second kappa shape index (κ2) is 6.49. The van der Waals surface area contributed by atoms with Crippen LogP contribution in [0, 0.1) is 5.82 Å². The van der Waals surface area contributed by atoms with Gasteiger partial charge in [-0.25, -0.2) is 4.39 Å². The van der Waals surface area contributed by atoms with Gasteiger partial charge < -0.3 is 15.8 Å². The molecule has 7 heteroatoms. The largest absolute Gasteiger partial charge is 0.495 e. The Hall–Kier alpha value is -1.66. The number of ether oxygens (including phenoxy) is 1. The van der Waals surface area contributed by atoms with E-state index in [-0.39, 0.29) is 24.3 Å². The fourth-order valence-electron chi connectivity index (χ4n) is 1.55. The van der Waals surface area contributed by atoms with Crippen molar-refractivity contribution in [3.63, 3.8) is 0 Å². The van der Waals surface area contributed by atoms with Crippen LogP contribution in [0.2, 0.25) is 0 Å². The summed E-state index contributed by atoms with van der Waals surface area (Å²) in [6.07, 6.45) is -4.67. The van der Waals surface area contributed by atoms with Crippen molar-refractivity contribution in [1.29, 1.82) is 0 Å². The Morgan fingerprint density at radius 2 is 1.95 bits per heavy atom. The highest BCUT2D eigenvalue weighted by atomic mass is 19.4. The molecule has 0 aromatic heterocycles. The molecule has 0 saturated carbocycles. The molecule has 3 nitrogen and oxygen atoms in total. The summed E-state index contributed by atoms with van der Waals surface area (Å²) >= 11 is 0. The van der Waals surface area contributed by atoms with Crippen LogP contribution in [0.5, 0.6) is 5.75 Å². The summed E-state index contributed by atoms with van der Waals surface area (Å²) in [4.78, 5) is 0. The second-order valence-electron chi connectivity index (χ2n) is 4.07. The van der Waals surface area contributed by atoms with Gasteiger partial charge in [-0.05, 0) is 12.8 Å². The Morgan fingerprint density at radius 1 is 1.26 bits per heavy atom. The maximum Gasteiger partial charge on any atom is 0.389 e. The fourth-order valence-corrected chi connectivity index (χ4v) is 1.55. The van der Waals surface area contributed by atoms with E-state index in [0.29, 0.717) is 12.2 Å². The van der Waals surface area contributed by atoms with Gasteiger partial charge in [-0.1, -0.05) is 0 Å². The van der Waals surface area contributed by atoms with Gasteiger partial charge in [-0.2, -0.15) is 13.2 Å². The van der Waals surface area contributed by atoms with E-state index in [1.54, 1.807) is 0 Å². The molecule has 0 unspecified atom stereocenters. The lowest BCUT2D eigenvalue weighted by Crippen LogP contribution is -2.09. The van der Waals surface area contributed by atoms with Crippen LogP contribution >= 0.6 is 0 Å². The number of hydrogen-bond acceptors (Lipinski definition) is 3. The molecule has 0 aliphatic rings. The van der Waals surface area contributed by atoms with E-state index < -0.39 is 18.4 Å². The van der Waals surface area contributed by atoms with Gasteiger partial charge >= 0.3 is 6.18 Å². The third kappa shape index (κ3) is 5.23. The smallest absolute Gasteiger partial charge is 0.389 e. The number of nitrogens with two attached hydrogens (primary N) is 1. The summed E-state index contributed by atoms with van der Waals surface area (Å²) in [5, 5.41) is 2.72. The molecule has 0 radical (unpaired) electrons. The zero-order chi connectivity index (χ0) is 14.5. The minimum atomic E-state index is -4.14. The fraction of sp³-hybridized carbons (Fsp3) is 0.500. The van der Waals surface area contributed by atoms with Gasteiger partial charge in [0.15, 0.2) is 0 Å². The molecule has 1 aromatic rings. The predicted molar refractivity (Wildman–Crippen MR) is 65.8 cm³/mol. The van der Waals surface area contributed by atoms with Crippen LogP contribution in [0.25, 0.3) is 0 Å². The van der Waals surface area contributed by atoms with E-state index >= 15 is 0 Å². The van der Waals surface area contributed by atoms with Crippen LogP contribution in [0.15, 0.2) is 12.1 Å². The Morgan fingerprint density at radius 3 is 2.53 bits per heavy atom. The topological polar surface area (TPSA) is 47.3 Å². The molecular weight excluding hydrogens is 264 g/mol. The highest BCUT2D eigenvalue weighted by Crippen LogP contribution is 2.28. The van der Waals surface area contributed by atoms with Gasteiger partial charge in [0.2, 0.25) is 0 Å². The van der Waals surface area contributed by atoms with Crippen molar-refractivity contribution in [2.24, 2.45) is 0 Å². The molecule has 0 aliphatic heterocycles. The summed E-state index contributed by atoms with van der Waals surface area (Å²) in [6, 6.07) is 2.49. The van der Waals surface area contributed by atoms with Crippen LogP contribution in [-0.4, -0.2) is 19.8 Å². The average molecular weight is 280 g/mol. The standard InChI is InChI=1S/C12H16F4N2O/c1-19-11-7-10(8(13)6-9(11)17)18-5-3-2-4-12(14,15)16/h6-7,18H,2-5,17H2,1H3. The van der Waals surface area contributed by atoms with Crippen LogP contribution < -0.4 is 15.8 Å². The first-order chi connectivity index (χ1) is 8.83. The van der Waals surface area contributed by atoms with Crippen LogP contribution in [0.4, 0.5) is 28.9 Å². The van der Waals surface area contributed by atoms with Crippen molar-refractivity contribution in [2.45, 2.75) is 25.4 Å². The first kappa shape index (κ1) is 15.4. The number of methoxy groups -OCH3 is 1. The number of unbranched alkanes of at least 4 members (excludes halogenated alkanes) is 1. The minimum absolute atomic E-state index is 0.00419. The first-order valence-corrected chi connectivity index (χ1v) is 5.77. The van der Waals surface area contributed by atoms with Crippen molar-refractivity contribution in [2.75, 3.05) is 24.7 Å². The number of nitrogens with one attached hydrogen (secondary N) is 1. The monoisotopic (exact) mass is 280 g/mol. The SMILES string of the molecule is COc1cc(NCCCCC(F)(F)F)c(F)cc1N. The Balaban J connectivity index is 2.45. The van der Waals surface area contributed by atoms with E-state index in [1.165, 1.54) is 13.2 Å². The van der Waals surface area contributed by atoms with E-state index in [0.717, 1.165) is 6.07 Å². The second-order valence-corrected chi connectivity index (χ2v) is 4.07. The summed E-state index contributed by atoms with van der Waals surface area (Å²) in [6.45, 7) is 0.250. The number of nitrogen functional groups attached to an aromatic ring is 1. The molecule has 0 atom stereocenters. The van der Waals surface area contributed by atoms with Gasteiger partial charge in [-0.3, -0.25) is 0 Å². The molecule has 0 fully saturated rings. The van der Waals surface area contributed by atoms with Gasteiger partial charge in [0, 0.05) is 25.1 Å². The summed E-state index contributed by atoms with van der Waals surface area (Å²) in [5.41, 5.74) is 5.84. The number of hydrogen-bond donors (Lipinski definition) is 2. The lowest BCUT2D eigenvalue weighted by atomic mass is 10.2. The van der Waals surface area contributed by atoms with Gasteiger partial charge in [-0.15, -0.1) is 0 Å². The number of benzene rings is 1. The molecule has 0 aliphatic carbocycles. The van der Waals surface area contributed by atoms with E-state index in [9.17, 15) is 17.6 Å². The van der Waals surface area contributed by atoms with Gasteiger partial charge in [0.05, 0.1) is 18.5 Å². The van der Waals surface area contributed by atoms with Crippen molar-refractivity contribution < 1.29 is 22.3 Å². The third-order valence-corrected chi connectivity index (χ3v) is 2.52. The van der Waals surface area contributed by atoms with Crippen LogP contribution in [0.1, 0.15) is 19.3 Å². The lowest BCUT2D eigenvalue weighted by molar-refractivity contribution is -0.135. The Bertz CT molecular complexity index is 421. The molecular formula is C12H16F4N2O. The maximum absolute atomic E-state index is 13.5. The molecule has 0 heterocycles. The molecule has 0 spiro atoms. The van der Waals surface area contributed by atoms with E-state index in [4.69, 9.17) is 10.5 Å². The average Bonchev–Trinajstić information content (AvgIpc) is 2.29. The number of anilines is 2. The highest BCUT2D eigenvalue weighted by Gasteiger charge is 2.25. The molecule has 1 rings (SSSR count). The highest BCUT2D eigenvalue weighted by molar-refractivity contribution is 5.62. The van der Waals surface area contributed by atoms with Crippen molar-refractivity contribution in [3.8, 4) is 5.75 Å². The van der Waals surface area contributed by atoms with Crippen LogP contribution in [0.3, 0.4) is 0 Å². The summed E-state index contributed by atoms with van der Waals surface area (Å²) in [5.74, 6) is -0.242. The van der Waals surface area contributed by atoms with Crippen molar-refractivity contribution in [1.82, 2.24) is 0 Å². The van der Waals surface area contributed by atoms with Crippen LogP contribution in [-0.2, 0) is 0 Å². The summed E-state index contributed by atoms with van der Waals surface area (Å²) in [7, 11) is 1.40. The molecule has 0 bridgehead atoms. The normalized spacial score (nSPS) is 11.4. The van der Waals surface area contributed by atoms with Gasteiger partial charge in [0.25, 0.3) is 0 Å². The third-order valence-electron chi connectivity index (χ3n) is 2.52.